The lowest BCUT2D eigenvalue weighted by Crippen LogP contribution is -2.38. The van der Waals surface area contributed by atoms with Gasteiger partial charge in [0.1, 0.15) is 0 Å². The Morgan fingerprint density at radius 2 is 1.86 bits per heavy atom. The Hall–Kier alpha value is -1.68. The molecule has 8 heteroatoms. The fourth-order valence-corrected chi connectivity index (χ4v) is 3.46. The maximum absolute atomic E-state index is 11.1. The van der Waals surface area contributed by atoms with Crippen LogP contribution >= 0.6 is 35.3 Å². The number of aromatic nitrogens is 1. The van der Waals surface area contributed by atoms with Crippen molar-refractivity contribution in [1.29, 1.82) is 0 Å². The van der Waals surface area contributed by atoms with Gasteiger partial charge in [-0.3, -0.25) is 9.79 Å². The van der Waals surface area contributed by atoms with E-state index in [-0.39, 0.29) is 29.9 Å². The van der Waals surface area contributed by atoms with E-state index in [1.165, 1.54) is 17.4 Å². The largest absolute Gasteiger partial charge is 0.357 e. The van der Waals surface area contributed by atoms with Crippen molar-refractivity contribution in [2.75, 3.05) is 25.0 Å². The first-order valence-corrected chi connectivity index (χ1v) is 10.1. The van der Waals surface area contributed by atoms with Crippen LogP contribution in [0.4, 0.5) is 5.69 Å². The van der Waals surface area contributed by atoms with Gasteiger partial charge in [-0.05, 0) is 44.9 Å². The van der Waals surface area contributed by atoms with Gasteiger partial charge in [0.2, 0.25) is 5.91 Å². The van der Waals surface area contributed by atoms with Crippen LogP contribution in [0, 0.1) is 13.8 Å². The standard InChI is InChI=1S/C20H29N5OS.HI/c1-5-21-20(23-13-11-19-24-14(2)15(3)27-19)22-12-10-17-6-8-18(9-7-17)25-16(4)26;/h6-9H,5,10-13H2,1-4H3,(H,25,26)(H2,21,22,23);1H. The summed E-state index contributed by atoms with van der Waals surface area (Å²) in [5.41, 5.74) is 3.15. The Morgan fingerprint density at radius 3 is 2.43 bits per heavy atom. The molecule has 2 rings (SSSR count). The highest BCUT2D eigenvalue weighted by atomic mass is 127. The van der Waals surface area contributed by atoms with Crippen molar-refractivity contribution in [3.8, 4) is 0 Å². The number of aryl methyl sites for hydroxylation is 2. The van der Waals surface area contributed by atoms with E-state index < -0.39 is 0 Å². The van der Waals surface area contributed by atoms with E-state index in [0.29, 0.717) is 6.54 Å². The van der Waals surface area contributed by atoms with Crippen molar-refractivity contribution >= 4 is 52.9 Å². The van der Waals surface area contributed by atoms with Crippen molar-refractivity contribution in [3.63, 3.8) is 0 Å². The normalized spacial score (nSPS) is 10.9. The SMILES string of the molecule is CCNC(=NCCc1nc(C)c(C)s1)NCCc1ccc(NC(C)=O)cc1.I. The molecule has 0 unspecified atom stereocenters. The first-order valence-electron chi connectivity index (χ1n) is 9.29. The topological polar surface area (TPSA) is 78.4 Å². The molecule has 0 aliphatic heterocycles. The molecule has 0 aliphatic rings. The number of hydrogen-bond donors (Lipinski definition) is 3. The number of hydrogen-bond acceptors (Lipinski definition) is 4. The zero-order chi connectivity index (χ0) is 19.6. The summed E-state index contributed by atoms with van der Waals surface area (Å²) in [4.78, 5) is 21.5. The molecular formula is C20H30IN5OS. The summed E-state index contributed by atoms with van der Waals surface area (Å²) in [6.07, 6.45) is 1.75. The highest BCUT2D eigenvalue weighted by molar-refractivity contribution is 14.0. The minimum atomic E-state index is -0.0565. The van der Waals surface area contributed by atoms with Gasteiger partial charge in [-0.15, -0.1) is 35.3 Å². The van der Waals surface area contributed by atoms with Gasteiger partial charge >= 0.3 is 0 Å². The molecule has 1 amide bonds. The van der Waals surface area contributed by atoms with Crippen molar-refractivity contribution in [1.82, 2.24) is 15.6 Å². The van der Waals surface area contributed by atoms with Gasteiger partial charge in [-0.25, -0.2) is 4.98 Å². The number of aliphatic imine (C=N–C) groups is 1. The van der Waals surface area contributed by atoms with Crippen LogP contribution in [-0.2, 0) is 17.6 Å². The molecule has 0 spiro atoms. The summed E-state index contributed by atoms with van der Waals surface area (Å²) in [7, 11) is 0. The minimum absolute atomic E-state index is 0. The molecule has 2 aromatic rings. The molecule has 3 N–H and O–H groups in total. The van der Waals surface area contributed by atoms with E-state index in [1.807, 2.05) is 31.2 Å². The van der Waals surface area contributed by atoms with Crippen LogP contribution in [0.5, 0.6) is 0 Å². The molecule has 0 saturated carbocycles. The Balaban J connectivity index is 0.00000392. The molecule has 0 aliphatic carbocycles. The number of halogens is 1. The monoisotopic (exact) mass is 515 g/mol. The summed E-state index contributed by atoms with van der Waals surface area (Å²) >= 11 is 1.75. The fourth-order valence-electron chi connectivity index (χ4n) is 2.53. The van der Waals surface area contributed by atoms with Gasteiger partial charge in [0.05, 0.1) is 10.7 Å². The molecule has 6 nitrogen and oxygen atoms in total. The number of benzene rings is 1. The third-order valence-electron chi connectivity index (χ3n) is 3.99. The molecule has 0 bridgehead atoms. The average molecular weight is 515 g/mol. The summed E-state index contributed by atoms with van der Waals surface area (Å²) < 4.78 is 0. The van der Waals surface area contributed by atoms with Crippen LogP contribution in [-0.4, -0.2) is 36.5 Å². The number of nitrogens with one attached hydrogen (secondary N) is 3. The van der Waals surface area contributed by atoms with Gasteiger partial charge in [0.15, 0.2) is 5.96 Å². The second-order valence-corrected chi connectivity index (χ2v) is 7.60. The average Bonchev–Trinajstić information content (AvgIpc) is 2.94. The highest BCUT2D eigenvalue weighted by Crippen LogP contribution is 2.16. The van der Waals surface area contributed by atoms with Gasteiger partial charge in [-0.1, -0.05) is 12.1 Å². The number of amides is 1. The van der Waals surface area contributed by atoms with Crippen LogP contribution in [0.25, 0.3) is 0 Å². The lowest BCUT2D eigenvalue weighted by molar-refractivity contribution is -0.114. The van der Waals surface area contributed by atoms with Gasteiger partial charge in [0.25, 0.3) is 0 Å². The van der Waals surface area contributed by atoms with Gasteiger partial charge < -0.3 is 16.0 Å². The van der Waals surface area contributed by atoms with Crippen LogP contribution in [0.15, 0.2) is 29.3 Å². The van der Waals surface area contributed by atoms with E-state index >= 15 is 0 Å². The molecule has 0 saturated heterocycles. The van der Waals surface area contributed by atoms with Crippen LogP contribution < -0.4 is 16.0 Å². The van der Waals surface area contributed by atoms with Crippen molar-refractivity contribution in [2.24, 2.45) is 4.99 Å². The molecule has 0 atom stereocenters. The lowest BCUT2D eigenvalue weighted by atomic mass is 10.1. The van der Waals surface area contributed by atoms with Crippen LogP contribution in [0.1, 0.15) is 35.0 Å². The molecule has 0 fully saturated rings. The van der Waals surface area contributed by atoms with Crippen molar-refractivity contribution in [3.05, 3.63) is 45.4 Å². The highest BCUT2D eigenvalue weighted by Gasteiger charge is 2.04. The Bertz CT molecular complexity index is 754. The zero-order valence-corrected chi connectivity index (χ0v) is 20.1. The van der Waals surface area contributed by atoms with Crippen molar-refractivity contribution in [2.45, 2.75) is 40.5 Å². The first-order chi connectivity index (χ1) is 13.0. The lowest BCUT2D eigenvalue weighted by Gasteiger charge is -2.11. The Morgan fingerprint density at radius 1 is 1.14 bits per heavy atom. The number of thiazole rings is 1. The number of carbonyl (C=O) groups excluding carboxylic acids is 1. The maximum Gasteiger partial charge on any atom is 0.221 e. The molecule has 1 heterocycles. The Kier molecular flexibility index (Phi) is 11.1. The number of carbonyl (C=O) groups is 1. The fraction of sp³-hybridized carbons (Fsp3) is 0.450. The summed E-state index contributed by atoms with van der Waals surface area (Å²) in [5, 5.41) is 10.6. The summed E-state index contributed by atoms with van der Waals surface area (Å²) in [6, 6.07) is 7.91. The van der Waals surface area contributed by atoms with Crippen LogP contribution in [0.3, 0.4) is 0 Å². The van der Waals surface area contributed by atoms with E-state index in [2.05, 4.69) is 39.8 Å². The smallest absolute Gasteiger partial charge is 0.221 e. The molecule has 154 valence electrons. The number of rotatable bonds is 8. The maximum atomic E-state index is 11.1. The number of anilines is 1. The second-order valence-electron chi connectivity index (χ2n) is 6.31. The Labute approximate surface area is 188 Å². The van der Waals surface area contributed by atoms with Gasteiger partial charge in [-0.2, -0.15) is 0 Å². The van der Waals surface area contributed by atoms with E-state index in [0.717, 1.165) is 48.3 Å². The summed E-state index contributed by atoms with van der Waals surface area (Å²) in [5.74, 6) is 0.774. The zero-order valence-electron chi connectivity index (χ0n) is 17.0. The van der Waals surface area contributed by atoms with Crippen LogP contribution in [0.2, 0.25) is 0 Å². The van der Waals surface area contributed by atoms with E-state index in [4.69, 9.17) is 0 Å². The minimum Gasteiger partial charge on any atom is -0.357 e. The third-order valence-corrected chi connectivity index (χ3v) is 5.13. The number of guanidine groups is 1. The molecule has 1 aromatic carbocycles. The first kappa shape index (κ1) is 24.4. The molecule has 1 aromatic heterocycles. The molecular weight excluding hydrogens is 485 g/mol. The molecule has 0 radical (unpaired) electrons. The van der Waals surface area contributed by atoms with Gasteiger partial charge in [0, 0.05) is 43.5 Å². The number of nitrogens with zero attached hydrogens (tertiary/aromatic N) is 2. The second kappa shape index (κ2) is 12.7. The predicted octanol–water partition coefficient (Wildman–Crippen LogP) is 3.68. The third kappa shape index (κ3) is 8.55. The van der Waals surface area contributed by atoms with E-state index in [1.54, 1.807) is 11.3 Å². The molecule has 28 heavy (non-hydrogen) atoms. The van der Waals surface area contributed by atoms with Crippen molar-refractivity contribution < 1.29 is 4.79 Å². The summed E-state index contributed by atoms with van der Waals surface area (Å²) in [6.45, 7) is 10.1. The predicted molar refractivity (Wildman–Crippen MR) is 129 cm³/mol. The van der Waals surface area contributed by atoms with E-state index in [9.17, 15) is 4.79 Å². The quantitative estimate of drug-likeness (QED) is 0.285.